The van der Waals surface area contributed by atoms with Crippen LogP contribution in [0.25, 0.3) is 0 Å². The maximum Gasteiger partial charge on any atom is 0.266 e. The highest BCUT2D eigenvalue weighted by atomic mass is 16.5. The molecule has 1 aromatic carbocycles. The zero-order valence-corrected chi connectivity index (χ0v) is 15.1. The van der Waals surface area contributed by atoms with Crippen molar-refractivity contribution in [3.63, 3.8) is 0 Å². The number of nitrogens with zero attached hydrogens (tertiary/aromatic N) is 2. The maximum absolute atomic E-state index is 12.2. The minimum Gasteiger partial charge on any atom is -0.493 e. The van der Waals surface area contributed by atoms with E-state index in [1.54, 1.807) is 14.2 Å². The Hall–Kier alpha value is -2.76. The fraction of sp³-hybridized carbons (Fsp3) is 0.444. The Bertz CT molecular complexity index is 649. The van der Waals surface area contributed by atoms with E-state index in [-0.39, 0.29) is 31.9 Å². The van der Waals surface area contributed by atoms with Crippen LogP contribution in [0.1, 0.15) is 5.56 Å². The lowest BCUT2D eigenvalue weighted by Crippen LogP contribution is -2.37. The molecule has 1 rings (SSSR count). The summed E-state index contributed by atoms with van der Waals surface area (Å²) in [6, 6.07) is 7.43. The summed E-state index contributed by atoms with van der Waals surface area (Å²) in [5.41, 5.74) is 0.926. The van der Waals surface area contributed by atoms with E-state index in [0.29, 0.717) is 24.5 Å². The SMILES string of the molecule is COc1ccc(CCN/C=C(/C#N)C(=O)N(CCO)CCO)cc1OC. The minimum absolute atomic E-state index is 0.0596. The number of aliphatic hydroxyl groups excluding tert-OH is 2. The van der Waals surface area contributed by atoms with Crippen molar-refractivity contribution in [2.45, 2.75) is 6.42 Å². The highest BCUT2D eigenvalue weighted by molar-refractivity contribution is 5.97. The van der Waals surface area contributed by atoms with Crippen LogP contribution >= 0.6 is 0 Å². The second kappa shape index (κ2) is 11.7. The molecule has 0 aliphatic rings. The zero-order valence-electron chi connectivity index (χ0n) is 15.1. The van der Waals surface area contributed by atoms with Crippen molar-refractivity contribution < 1.29 is 24.5 Å². The molecule has 0 heterocycles. The van der Waals surface area contributed by atoms with Crippen molar-refractivity contribution in [2.75, 3.05) is 47.1 Å². The van der Waals surface area contributed by atoms with Gasteiger partial charge in [-0.05, 0) is 24.1 Å². The van der Waals surface area contributed by atoms with Crippen molar-refractivity contribution in [1.29, 1.82) is 5.26 Å². The van der Waals surface area contributed by atoms with Gasteiger partial charge in [-0.2, -0.15) is 5.26 Å². The summed E-state index contributed by atoms with van der Waals surface area (Å²) in [7, 11) is 3.14. The summed E-state index contributed by atoms with van der Waals surface area (Å²) in [6.07, 6.45) is 2.01. The van der Waals surface area contributed by atoms with E-state index in [0.717, 1.165) is 5.56 Å². The molecule has 0 bridgehead atoms. The predicted molar refractivity (Wildman–Crippen MR) is 95.7 cm³/mol. The number of hydrogen-bond donors (Lipinski definition) is 3. The third kappa shape index (κ3) is 6.27. The van der Waals surface area contributed by atoms with Crippen LogP contribution in [0.2, 0.25) is 0 Å². The Kier molecular flexibility index (Phi) is 9.61. The number of ether oxygens (including phenoxy) is 2. The molecular weight excluding hydrogens is 338 g/mol. The number of benzene rings is 1. The van der Waals surface area contributed by atoms with Gasteiger partial charge < -0.3 is 29.9 Å². The van der Waals surface area contributed by atoms with Crippen LogP contribution < -0.4 is 14.8 Å². The van der Waals surface area contributed by atoms with Crippen molar-refractivity contribution in [3.05, 3.63) is 35.5 Å². The van der Waals surface area contributed by atoms with Crippen LogP contribution in [0, 0.1) is 11.3 Å². The van der Waals surface area contributed by atoms with Gasteiger partial charge in [-0.15, -0.1) is 0 Å². The molecule has 0 radical (unpaired) electrons. The second-order valence-corrected chi connectivity index (χ2v) is 5.30. The van der Waals surface area contributed by atoms with E-state index in [1.165, 1.54) is 11.1 Å². The lowest BCUT2D eigenvalue weighted by Gasteiger charge is -2.20. The molecule has 3 N–H and O–H groups in total. The van der Waals surface area contributed by atoms with Crippen LogP contribution in [0.4, 0.5) is 0 Å². The number of amides is 1. The molecule has 1 aromatic rings. The molecule has 0 fully saturated rings. The maximum atomic E-state index is 12.2. The molecule has 142 valence electrons. The van der Waals surface area contributed by atoms with Gasteiger partial charge in [0.15, 0.2) is 11.5 Å². The van der Waals surface area contributed by atoms with Crippen LogP contribution in [0.15, 0.2) is 30.0 Å². The molecule has 0 spiro atoms. The Balaban J connectivity index is 2.65. The van der Waals surface area contributed by atoms with Gasteiger partial charge in [0.2, 0.25) is 0 Å². The number of nitriles is 1. The fourth-order valence-corrected chi connectivity index (χ4v) is 2.30. The van der Waals surface area contributed by atoms with Crippen LogP contribution in [-0.4, -0.2) is 68.1 Å². The minimum atomic E-state index is -0.533. The molecule has 0 saturated carbocycles. The number of rotatable bonds is 11. The van der Waals surface area contributed by atoms with Crippen LogP contribution in [0.3, 0.4) is 0 Å². The van der Waals surface area contributed by atoms with E-state index in [4.69, 9.17) is 24.9 Å². The van der Waals surface area contributed by atoms with Gasteiger partial charge >= 0.3 is 0 Å². The standard InChI is InChI=1S/C18H25N3O5/c1-25-16-4-3-14(11-17(16)26-2)5-6-20-13-15(12-19)18(24)21(7-9-22)8-10-23/h3-4,11,13,20,22-23H,5-10H2,1-2H3/b15-13-. The number of hydrogen-bond acceptors (Lipinski definition) is 7. The molecule has 0 aromatic heterocycles. The largest absolute Gasteiger partial charge is 0.493 e. The van der Waals surface area contributed by atoms with E-state index in [1.807, 2.05) is 24.3 Å². The van der Waals surface area contributed by atoms with E-state index >= 15 is 0 Å². The number of carbonyl (C=O) groups is 1. The van der Waals surface area contributed by atoms with Gasteiger partial charge in [0, 0.05) is 25.8 Å². The summed E-state index contributed by atoms with van der Waals surface area (Å²) in [6.45, 7) is 0.149. The average Bonchev–Trinajstić information content (AvgIpc) is 2.67. The Morgan fingerprint density at radius 2 is 1.88 bits per heavy atom. The number of carbonyl (C=O) groups excluding carboxylic acids is 1. The van der Waals surface area contributed by atoms with Crippen LogP contribution in [-0.2, 0) is 11.2 Å². The number of aliphatic hydroxyl groups is 2. The number of nitrogens with one attached hydrogen (secondary N) is 1. The normalized spacial score (nSPS) is 10.8. The Labute approximate surface area is 153 Å². The molecule has 0 saturated heterocycles. The summed E-state index contributed by atoms with van der Waals surface area (Å²) >= 11 is 0. The summed E-state index contributed by atoms with van der Waals surface area (Å²) in [5.74, 6) is 0.751. The van der Waals surface area contributed by atoms with E-state index in [9.17, 15) is 4.79 Å². The van der Waals surface area contributed by atoms with Gasteiger partial charge in [-0.3, -0.25) is 4.79 Å². The molecule has 0 unspecified atom stereocenters. The Morgan fingerprint density at radius 1 is 1.23 bits per heavy atom. The van der Waals surface area contributed by atoms with Crippen molar-refractivity contribution in [2.24, 2.45) is 0 Å². The first-order chi connectivity index (χ1) is 12.6. The average molecular weight is 363 g/mol. The smallest absolute Gasteiger partial charge is 0.266 e. The molecule has 0 atom stereocenters. The van der Waals surface area contributed by atoms with Gasteiger partial charge in [0.05, 0.1) is 27.4 Å². The van der Waals surface area contributed by atoms with E-state index in [2.05, 4.69) is 5.32 Å². The molecule has 8 nitrogen and oxygen atoms in total. The third-order valence-electron chi connectivity index (χ3n) is 3.63. The molecular formula is C18H25N3O5. The highest BCUT2D eigenvalue weighted by Gasteiger charge is 2.17. The topological polar surface area (TPSA) is 115 Å². The van der Waals surface area contributed by atoms with Crippen molar-refractivity contribution in [3.8, 4) is 17.6 Å². The van der Waals surface area contributed by atoms with Gasteiger partial charge in [0.1, 0.15) is 11.6 Å². The zero-order chi connectivity index (χ0) is 19.4. The lowest BCUT2D eigenvalue weighted by atomic mass is 10.1. The van der Waals surface area contributed by atoms with E-state index < -0.39 is 5.91 Å². The molecule has 0 aliphatic carbocycles. The monoisotopic (exact) mass is 363 g/mol. The van der Waals surface area contributed by atoms with Gasteiger partial charge in [-0.1, -0.05) is 6.07 Å². The van der Waals surface area contributed by atoms with Gasteiger partial charge in [-0.25, -0.2) is 0 Å². The molecule has 8 heteroatoms. The quantitative estimate of drug-likeness (QED) is 0.289. The Morgan fingerprint density at radius 3 is 2.42 bits per heavy atom. The third-order valence-corrected chi connectivity index (χ3v) is 3.63. The first kappa shape index (κ1) is 21.3. The second-order valence-electron chi connectivity index (χ2n) is 5.30. The highest BCUT2D eigenvalue weighted by Crippen LogP contribution is 2.27. The van der Waals surface area contributed by atoms with Gasteiger partial charge in [0.25, 0.3) is 5.91 Å². The number of methoxy groups -OCH3 is 2. The first-order valence-electron chi connectivity index (χ1n) is 8.16. The molecule has 0 aliphatic heterocycles. The van der Waals surface area contributed by atoms with Crippen molar-refractivity contribution in [1.82, 2.24) is 10.2 Å². The predicted octanol–water partition coefficient (Wildman–Crippen LogP) is 0.0566. The van der Waals surface area contributed by atoms with Crippen LogP contribution in [0.5, 0.6) is 11.5 Å². The summed E-state index contributed by atoms with van der Waals surface area (Å²) in [4.78, 5) is 13.4. The molecule has 1 amide bonds. The summed E-state index contributed by atoms with van der Waals surface area (Å²) < 4.78 is 10.4. The lowest BCUT2D eigenvalue weighted by molar-refractivity contribution is -0.127. The molecule has 26 heavy (non-hydrogen) atoms. The van der Waals surface area contributed by atoms with Crippen molar-refractivity contribution >= 4 is 5.91 Å². The summed E-state index contributed by atoms with van der Waals surface area (Å²) in [5, 5.41) is 30.1. The first-order valence-corrected chi connectivity index (χ1v) is 8.16. The fourth-order valence-electron chi connectivity index (χ4n) is 2.30.